The van der Waals surface area contributed by atoms with Crippen molar-refractivity contribution in [3.63, 3.8) is 0 Å². The number of nitrogens with one attached hydrogen (secondary N) is 1. The summed E-state index contributed by atoms with van der Waals surface area (Å²) in [4.78, 5) is 2.55. The number of hydrogen-bond acceptors (Lipinski definition) is 2. The van der Waals surface area contributed by atoms with Gasteiger partial charge in [-0.1, -0.05) is 0 Å². The van der Waals surface area contributed by atoms with Crippen LogP contribution in [-0.2, 0) is 0 Å². The van der Waals surface area contributed by atoms with Crippen LogP contribution in [-0.4, -0.2) is 33.7 Å². The first-order valence-electron chi connectivity index (χ1n) is 6.11. The van der Waals surface area contributed by atoms with Crippen molar-refractivity contribution in [1.29, 1.82) is 0 Å². The van der Waals surface area contributed by atoms with Crippen molar-refractivity contribution in [2.75, 3.05) is 6.54 Å². The molecule has 1 aromatic heterocycles. The van der Waals surface area contributed by atoms with E-state index in [4.69, 9.17) is 0 Å². The maximum atomic E-state index is 13.5. The van der Waals surface area contributed by atoms with E-state index in [1.54, 1.807) is 0 Å². The smallest absolute Gasteiger partial charge is 0.164 e. The molecule has 1 aliphatic carbocycles. The highest BCUT2D eigenvalue weighted by molar-refractivity contribution is 5.17. The second-order valence-electron chi connectivity index (χ2n) is 5.41. The summed E-state index contributed by atoms with van der Waals surface area (Å²) >= 11 is 0. The molecule has 0 spiro atoms. The molecule has 1 aromatic rings. The second-order valence-corrected chi connectivity index (χ2v) is 5.41. The van der Waals surface area contributed by atoms with Crippen molar-refractivity contribution in [3.05, 3.63) is 17.7 Å². The summed E-state index contributed by atoms with van der Waals surface area (Å²) in [7, 11) is 0. The minimum Gasteiger partial charge on any atom is -0.298 e. The van der Waals surface area contributed by atoms with Gasteiger partial charge in [-0.25, -0.2) is 4.39 Å². The number of likely N-dealkylation sites (tertiary alicyclic amines) is 1. The van der Waals surface area contributed by atoms with Gasteiger partial charge in [0.05, 0.1) is 11.9 Å². The molecule has 1 saturated carbocycles. The van der Waals surface area contributed by atoms with Crippen molar-refractivity contribution in [3.8, 4) is 0 Å². The van der Waals surface area contributed by atoms with Gasteiger partial charge in [-0.05, 0) is 32.6 Å². The topological polar surface area (TPSA) is 31.9 Å². The van der Waals surface area contributed by atoms with Crippen LogP contribution in [0, 0.1) is 11.7 Å². The SMILES string of the molecule is CC(C)N1CC2CC1CC2c1[nH]ncc1F. The Morgan fingerprint density at radius 3 is 2.81 bits per heavy atom. The third-order valence-electron chi connectivity index (χ3n) is 4.24. The maximum Gasteiger partial charge on any atom is 0.164 e. The zero-order chi connectivity index (χ0) is 11.3. The number of rotatable bonds is 2. The van der Waals surface area contributed by atoms with E-state index in [2.05, 4.69) is 28.9 Å². The molecule has 0 radical (unpaired) electrons. The van der Waals surface area contributed by atoms with Crippen LogP contribution in [0.3, 0.4) is 0 Å². The van der Waals surface area contributed by atoms with Crippen LogP contribution in [0.1, 0.15) is 38.3 Å². The van der Waals surface area contributed by atoms with Crippen molar-refractivity contribution in [2.24, 2.45) is 5.92 Å². The Morgan fingerprint density at radius 1 is 1.50 bits per heavy atom. The Morgan fingerprint density at radius 2 is 2.31 bits per heavy atom. The van der Waals surface area contributed by atoms with Gasteiger partial charge in [0.1, 0.15) is 0 Å². The van der Waals surface area contributed by atoms with Crippen LogP contribution in [0.25, 0.3) is 0 Å². The van der Waals surface area contributed by atoms with Crippen LogP contribution in [0.2, 0.25) is 0 Å². The van der Waals surface area contributed by atoms with Crippen LogP contribution < -0.4 is 0 Å². The Kier molecular flexibility index (Phi) is 2.28. The molecule has 3 nitrogen and oxygen atoms in total. The molecule has 0 aromatic carbocycles. The average Bonchev–Trinajstić information content (AvgIpc) is 2.89. The summed E-state index contributed by atoms with van der Waals surface area (Å²) in [5.41, 5.74) is 0.732. The second kappa shape index (κ2) is 3.55. The quantitative estimate of drug-likeness (QED) is 0.833. The van der Waals surface area contributed by atoms with Gasteiger partial charge in [0.15, 0.2) is 5.82 Å². The van der Waals surface area contributed by atoms with Gasteiger partial charge in [-0.15, -0.1) is 0 Å². The number of hydrogen-bond donors (Lipinski definition) is 1. The van der Waals surface area contributed by atoms with Gasteiger partial charge in [-0.3, -0.25) is 10.00 Å². The first-order chi connectivity index (χ1) is 7.66. The molecular weight excluding hydrogens is 205 g/mol. The fourth-order valence-corrected chi connectivity index (χ4v) is 3.52. The van der Waals surface area contributed by atoms with Crippen LogP contribution in [0.5, 0.6) is 0 Å². The molecule has 16 heavy (non-hydrogen) atoms. The van der Waals surface area contributed by atoms with E-state index >= 15 is 0 Å². The number of piperidine rings is 1. The first kappa shape index (κ1) is 10.3. The minimum absolute atomic E-state index is 0.159. The summed E-state index contributed by atoms with van der Waals surface area (Å²) in [5, 5.41) is 6.62. The van der Waals surface area contributed by atoms with Gasteiger partial charge < -0.3 is 0 Å². The van der Waals surface area contributed by atoms with Crippen LogP contribution in [0.15, 0.2) is 6.20 Å². The first-order valence-corrected chi connectivity index (χ1v) is 6.11. The van der Waals surface area contributed by atoms with E-state index in [9.17, 15) is 4.39 Å². The van der Waals surface area contributed by atoms with Gasteiger partial charge in [0.2, 0.25) is 0 Å². The van der Waals surface area contributed by atoms with E-state index in [0.717, 1.165) is 18.7 Å². The van der Waals surface area contributed by atoms with E-state index in [-0.39, 0.29) is 5.82 Å². The van der Waals surface area contributed by atoms with Crippen molar-refractivity contribution in [2.45, 2.75) is 44.7 Å². The predicted molar refractivity (Wildman–Crippen MR) is 59.6 cm³/mol. The van der Waals surface area contributed by atoms with Gasteiger partial charge in [0.25, 0.3) is 0 Å². The molecule has 4 heteroatoms. The molecule has 3 atom stereocenters. The van der Waals surface area contributed by atoms with Crippen molar-refractivity contribution in [1.82, 2.24) is 15.1 Å². The lowest BCUT2D eigenvalue weighted by molar-refractivity contribution is 0.157. The zero-order valence-corrected chi connectivity index (χ0v) is 9.78. The molecule has 2 heterocycles. The number of halogens is 1. The predicted octanol–water partition coefficient (Wildman–Crippen LogP) is 2.13. The van der Waals surface area contributed by atoms with Gasteiger partial charge >= 0.3 is 0 Å². The van der Waals surface area contributed by atoms with E-state index in [1.165, 1.54) is 12.6 Å². The molecular formula is C12H18FN3. The summed E-state index contributed by atoms with van der Waals surface area (Å²) in [6.45, 7) is 5.60. The Bertz CT molecular complexity index is 387. The lowest BCUT2D eigenvalue weighted by Gasteiger charge is -2.33. The summed E-state index contributed by atoms with van der Waals surface area (Å²) in [6, 6.07) is 1.26. The maximum absolute atomic E-state index is 13.5. The number of aromatic amines is 1. The Balaban J connectivity index is 1.79. The minimum atomic E-state index is -0.159. The number of fused-ring (bicyclic) bond motifs is 2. The highest BCUT2D eigenvalue weighted by atomic mass is 19.1. The number of aromatic nitrogens is 2. The van der Waals surface area contributed by atoms with Gasteiger partial charge in [-0.2, -0.15) is 5.10 Å². The Labute approximate surface area is 95.0 Å². The standard InChI is InChI=1S/C12H18FN3/c1-7(2)16-6-8-3-9(16)4-10(8)12-11(13)5-14-15-12/h5,7-10H,3-4,6H2,1-2H3,(H,14,15). The molecule has 1 N–H and O–H groups in total. The summed E-state index contributed by atoms with van der Waals surface area (Å²) in [6.07, 6.45) is 3.60. The molecule has 3 unspecified atom stereocenters. The fourth-order valence-electron chi connectivity index (χ4n) is 3.52. The third kappa shape index (κ3) is 1.39. The molecule has 88 valence electrons. The van der Waals surface area contributed by atoms with Crippen molar-refractivity contribution < 1.29 is 4.39 Å². The van der Waals surface area contributed by atoms with Crippen molar-refractivity contribution >= 4 is 0 Å². The molecule has 2 aliphatic rings. The molecule has 2 bridgehead atoms. The number of H-pyrrole nitrogens is 1. The Hall–Kier alpha value is -0.900. The van der Waals surface area contributed by atoms with E-state index < -0.39 is 0 Å². The molecule has 1 aliphatic heterocycles. The normalized spacial score (nSPS) is 34.1. The lowest BCUT2D eigenvalue weighted by atomic mass is 9.91. The van der Waals surface area contributed by atoms with E-state index in [1.807, 2.05) is 0 Å². The molecule has 0 amide bonds. The molecule has 1 saturated heterocycles. The number of nitrogens with zero attached hydrogens (tertiary/aromatic N) is 2. The highest BCUT2D eigenvalue weighted by Gasteiger charge is 2.46. The van der Waals surface area contributed by atoms with Crippen LogP contribution in [0.4, 0.5) is 4.39 Å². The summed E-state index contributed by atoms with van der Waals surface area (Å²) < 4.78 is 13.5. The molecule has 2 fully saturated rings. The average molecular weight is 223 g/mol. The molecule has 3 rings (SSSR count). The van der Waals surface area contributed by atoms with E-state index in [0.29, 0.717) is 23.9 Å². The fraction of sp³-hybridized carbons (Fsp3) is 0.750. The monoisotopic (exact) mass is 223 g/mol. The zero-order valence-electron chi connectivity index (χ0n) is 9.78. The highest BCUT2D eigenvalue weighted by Crippen LogP contribution is 2.47. The largest absolute Gasteiger partial charge is 0.298 e. The third-order valence-corrected chi connectivity index (χ3v) is 4.24. The summed E-state index contributed by atoms with van der Waals surface area (Å²) in [5.74, 6) is 0.818. The van der Waals surface area contributed by atoms with Gasteiger partial charge in [0, 0.05) is 24.5 Å². The lowest BCUT2D eigenvalue weighted by Crippen LogP contribution is -2.39. The van der Waals surface area contributed by atoms with Crippen LogP contribution >= 0.6 is 0 Å².